The molecule has 1 unspecified atom stereocenters. The molecule has 132 valence electrons. The minimum absolute atomic E-state index is 0.0742. The maximum atomic E-state index is 13.1. The molecule has 1 aliphatic rings. The highest BCUT2D eigenvalue weighted by Gasteiger charge is 2.31. The van der Waals surface area contributed by atoms with Gasteiger partial charge in [0.05, 0.1) is 11.7 Å². The highest BCUT2D eigenvalue weighted by atomic mass is 35.5. The second-order valence-corrected chi connectivity index (χ2v) is 6.73. The van der Waals surface area contributed by atoms with E-state index in [0.717, 1.165) is 30.5 Å². The zero-order valence-electron chi connectivity index (χ0n) is 14.1. The van der Waals surface area contributed by atoms with Gasteiger partial charge in [-0.15, -0.1) is 0 Å². The Labute approximate surface area is 156 Å². The summed E-state index contributed by atoms with van der Waals surface area (Å²) in [7, 11) is 0. The summed E-state index contributed by atoms with van der Waals surface area (Å²) < 4.78 is 0. The number of likely N-dealkylation sites (tertiary alicyclic amines) is 1. The molecule has 7 heteroatoms. The fraction of sp³-hybridized carbons (Fsp3) is 0.263. The van der Waals surface area contributed by atoms with E-state index in [1.54, 1.807) is 36.7 Å². The maximum Gasteiger partial charge on any atom is 0.272 e. The Kier molecular flexibility index (Phi) is 4.67. The molecule has 6 nitrogen and oxygen atoms in total. The minimum atomic E-state index is -0.0975. The molecule has 26 heavy (non-hydrogen) atoms. The highest BCUT2D eigenvalue weighted by Crippen LogP contribution is 2.30. The Morgan fingerprint density at radius 1 is 1.15 bits per heavy atom. The lowest BCUT2D eigenvalue weighted by Crippen LogP contribution is -2.39. The van der Waals surface area contributed by atoms with Gasteiger partial charge in [0.2, 0.25) is 0 Å². The molecule has 1 atom stereocenters. The molecule has 0 aliphatic carbocycles. The number of nitrogens with one attached hydrogen (secondary N) is 1. The van der Waals surface area contributed by atoms with Gasteiger partial charge < -0.3 is 4.90 Å². The Morgan fingerprint density at radius 2 is 1.92 bits per heavy atom. The minimum Gasteiger partial charge on any atom is -0.327 e. The van der Waals surface area contributed by atoms with Crippen LogP contribution in [0.5, 0.6) is 0 Å². The first-order valence-corrected chi connectivity index (χ1v) is 8.99. The molecule has 3 aromatic rings. The van der Waals surface area contributed by atoms with E-state index >= 15 is 0 Å². The molecule has 1 N–H and O–H groups in total. The quantitative estimate of drug-likeness (QED) is 0.762. The number of hydrogen-bond acceptors (Lipinski definition) is 4. The third-order valence-electron chi connectivity index (χ3n) is 4.60. The molecule has 3 heterocycles. The van der Waals surface area contributed by atoms with Crippen LogP contribution in [-0.2, 0) is 0 Å². The van der Waals surface area contributed by atoms with Gasteiger partial charge in [-0.1, -0.05) is 23.7 Å². The predicted octanol–water partition coefficient (Wildman–Crippen LogP) is 3.89. The van der Waals surface area contributed by atoms with Gasteiger partial charge in [0, 0.05) is 29.5 Å². The van der Waals surface area contributed by atoms with E-state index in [2.05, 4.69) is 20.2 Å². The number of benzene rings is 1. The number of aromatic amines is 1. The molecule has 1 fully saturated rings. The first-order valence-electron chi connectivity index (χ1n) is 8.61. The van der Waals surface area contributed by atoms with E-state index in [4.69, 9.17) is 11.6 Å². The summed E-state index contributed by atoms with van der Waals surface area (Å²) in [5.41, 5.74) is 2.10. The molecule has 1 aliphatic heterocycles. The summed E-state index contributed by atoms with van der Waals surface area (Å²) in [6, 6.07) is 10.8. The predicted molar refractivity (Wildman–Crippen MR) is 98.7 cm³/mol. The SMILES string of the molecule is O=C(c1cc(-c2ccc(Cl)cc2)n[nH]1)N1CCCCC1c1ncccn1. The summed E-state index contributed by atoms with van der Waals surface area (Å²) >= 11 is 5.93. The molecule has 4 rings (SSSR count). The van der Waals surface area contributed by atoms with Crippen LogP contribution in [0.2, 0.25) is 5.02 Å². The Morgan fingerprint density at radius 3 is 2.69 bits per heavy atom. The average molecular weight is 368 g/mol. The fourth-order valence-corrected chi connectivity index (χ4v) is 3.41. The van der Waals surface area contributed by atoms with Crippen molar-refractivity contribution < 1.29 is 4.79 Å². The van der Waals surface area contributed by atoms with Gasteiger partial charge in [0.1, 0.15) is 5.69 Å². The number of amides is 1. The average Bonchev–Trinajstić information content (AvgIpc) is 3.19. The number of nitrogens with zero attached hydrogens (tertiary/aromatic N) is 4. The lowest BCUT2D eigenvalue weighted by Gasteiger charge is -2.34. The molecule has 1 saturated heterocycles. The van der Waals surface area contributed by atoms with Crippen molar-refractivity contribution in [2.45, 2.75) is 25.3 Å². The van der Waals surface area contributed by atoms with Crippen LogP contribution in [-0.4, -0.2) is 37.5 Å². The van der Waals surface area contributed by atoms with Crippen molar-refractivity contribution in [1.82, 2.24) is 25.1 Å². The largest absolute Gasteiger partial charge is 0.327 e. The lowest BCUT2D eigenvalue weighted by molar-refractivity contribution is 0.0593. The summed E-state index contributed by atoms with van der Waals surface area (Å²) in [5, 5.41) is 7.82. The zero-order valence-corrected chi connectivity index (χ0v) is 14.9. The normalized spacial score (nSPS) is 17.3. The van der Waals surface area contributed by atoms with Gasteiger partial charge in [0.25, 0.3) is 5.91 Å². The topological polar surface area (TPSA) is 74.8 Å². The molecule has 1 amide bonds. The second-order valence-electron chi connectivity index (χ2n) is 6.29. The Bertz CT molecular complexity index is 894. The number of carbonyl (C=O) groups excluding carboxylic acids is 1. The van der Waals surface area contributed by atoms with Gasteiger partial charge in [-0.2, -0.15) is 5.10 Å². The van der Waals surface area contributed by atoms with Crippen LogP contribution < -0.4 is 0 Å². The molecule has 1 aromatic carbocycles. The van der Waals surface area contributed by atoms with E-state index in [1.807, 2.05) is 17.0 Å². The third-order valence-corrected chi connectivity index (χ3v) is 4.85. The highest BCUT2D eigenvalue weighted by molar-refractivity contribution is 6.30. The maximum absolute atomic E-state index is 13.1. The molecular weight excluding hydrogens is 350 g/mol. The standard InChI is InChI=1S/C19H18ClN5O/c20-14-7-5-13(6-8-14)15-12-16(24-23-15)19(26)25-11-2-1-4-17(25)18-21-9-3-10-22-18/h3,5-10,12,17H,1-2,4,11H2,(H,23,24). The molecule has 2 aromatic heterocycles. The van der Waals surface area contributed by atoms with Crippen molar-refractivity contribution in [3.63, 3.8) is 0 Å². The van der Waals surface area contributed by atoms with Gasteiger partial charge >= 0.3 is 0 Å². The monoisotopic (exact) mass is 367 g/mol. The van der Waals surface area contributed by atoms with Crippen molar-refractivity contribution in [3.05, 3.63) is 65.3 Å². The van der Waals surface area contributed by atoms with Crippen LogP contribution in [0.25, 0.3) is 11.3 Å². The van der Waals surface area contributed by atoms with Gasteiger partial charge in [-0.05, 0) is 43.5 Å². The summed E-state index contributed by atoms with van der Waals surface area (Å²) in [4.78, 5) is 23.6. The first-order chi connectivity index (χ1) is 12.7. The van der Waals surface area contributed by atoms with Crippen LogP contribution in [0, 0.1) is 0 Å². The molecule has 0 radical (unpaired) electrons. The molecular formula is C19H18ClN5O. The van der Waals surface area contributed by atoms with Crippen LogP contribution in [0.4, 0.5) is 0 Å². The van der Waals surface area contributed by atoms with Crippen molar-refractivity contribution in [3.8, 4) is 11.3 Å². The number of carbonyl (C=O) groups is 1. The Balaban J connectivity index is 1.59. The summed E-state index contributed by atoms with van der Waals surface area (Å²) in [5.74, 6) is 0.618. The van der Waals surface area contributed by atoms with E-state index < -0.39 is 0 Å². The zero-order chi connectivity index (χ0) is 17.9. The number of hydrogen-bond donors (Lipinski definition) is 1. The van der Waals surface area contributed by atoms with Crippen molar-refractivity contribution >= 4 is 17.5 Å². The van der Waals surface area contributed by atoms with Crippen LogP contribution in [0.3, 0.4) is 0 Å². The van der Waals surface area contributed by atoms with E-state index in [1.165, 1.54) is 0 Å². The molecule has 0 spiro atoms. The van der Waals surface area contributed by atoms with Crippen LogP contribution in [0.1, 0.15) is 41.6 Å². The number of halogens is 1. The van der Waals surface area contributed by atoms with Gasteiger partial charge in [-0.3, -0.25) is 9.89 Å². The number of aromatic nitrogens is 4. The molecule has 0 saturated carbocycles. The summed E-state index contributed by atoms with van der Waals surface area (Å²) in [6.45, 7) is 0.692. The van der Waals surface area contributed by atoms with Gasteiger partial charge in [-0.25, -0.2) is 9.97 Å². The van der Waals surface area contributed by atoms with E-state index in [0.29, 0.717) is 23.1 Å². The fourth-order valence-electron chi connectivity index (χ4n) is 3.28. The van der Waals surface area contributed by atoms with Crippen molar-refractivity contribution in [1.29, 1.82) is 0 Å². The van der Waals surface area contributed by atoms with E-state index in [-0.39, 0.29) is 11.9 Å². The van der Waals surface area contributed by atoms with E-state index in [9.17, 15) is 4.79 Å². The van der Waals surface area contributed by atoms with Gasteiger partial charge in [0.15, 0.2) is 5.82 Å². The summed E-state index contributed by atoms with van der Waals surface area (Å²) in [6.07, 6.45) is 6.34. The Hall–Kier alpha value is -2.73. The van der Waals surface area contributed by atoms with Crippen molar-refractivity contribution in [2.24, 2.45) is 0 Å². The number of piperidine rings is 1. The number of rotatable bonds is 3. The number of H-pyrrole nitrogens is 1. The lowest BCUT2D eigenvalue weighted by atomic mass is 10.0. The van der Waals surface area contributed by atoms with Crippen molar-refractivity contribution in [2.75, 3.05) is 6.54 Å². The smallest absolute Gasteiger partial charge is 0.272 e. The second kappa shape index (κ2) is 7.25. The van der Waals surface area contributed by atoms with Crippen LogP contribution in [0.15, 0.2) is 48.8 Å². The first kappa shape index (κ1) is 16.7. The molecule has 0 bridgehead atoms. The van der Waals surface area contributed by atoms with Crippen LogP contribution >= 0.6 is 11.6 Å². The third kappa shape index (κ3) is 3.32.